The highest BCUT2D eigenvalue weighted by Crippen LogP contribution is 2.11. The highest BCUT2D eigenvalue weighted by Gasteiger charge is 2.04. The summed E-state index contributed by atoms with van der Waals surface area (Å²) in [6.07, 6.45) is 4.93. The van der Waals surface area contributed by atoms with Crippen LogP contribution in [-0.2, 0) is 16.9 Å². The van der Waals surface area contributed by atoms with Crippen molar-refractivity contribution >= 4 is 17.3 Å². The molecule has 0 bridgehead atoms. The van der Waals surface area contributed by atoms with Crippen LogP contribution in [0, 0.1) is 11.3 Å². The molecule has 18 heavy (non-hydrogen) atoms. The maximum Gasteiger partial charge on any atom is 0.135 e. The van der Waals surface area contributed by atoms with E-state index in [0.29, 0.717) is 11.3 Å². The van der Waals surface area contributed by atoms with Crippen molar-refractivity contribution in [3.8, 4) is 6.07 Å². The van der Waals surface area contributed by atoms with Crippen molar-refractivity contribution in [2.75, 3.05) is 0 Å². The normalized spacial score (nSPS) is 12.4. The molecule has 4 heteroatoms. The molecular formula is C14H11NO2S. The van der Waals surface area contributed by atoms with Gasteiger partial charge in [0.25, 0.3) is 0 Å². The maximum absolute atomic E-state index is 11.8. The third kappa shape index (κ3) is 3.52. The van der Waals surface area contributed by atoms with Gasteiger partial charge in [0, 0.05) is 11.1 Å². The van der Waals surface area contributed by atoms with E-state index in [4.69, 9.17) is 9.68 Å². The van der Waals surface area contributed by atoms with Crippen LogP contribution in [0.5, 0.6) is 0 Å². The van der Waals surface area contributed by atoms with Crippen LogP contribution in [0.15, 0.2) is 52.7 Å². The molecule has 1 heterocycles. The zero-order chi connectivity index (χ0) is 12.8. The summed E-state index contributed by atoms with van der Waals surface area (Å²) in [5.41, 5.74) is 2.45. The van der Waals surface area contributed by atoms with Crippen LogP contribution in [0.3, 0.4) is 0 Å². The Labute approximate surface area is 109 Å². The van der Waals surface area contributed by atoms with Crippen molar-refractivity contribution in [1.29, 1.82) is 5.26 Å². The minimum Gasteiger partial charge on any atom is -0.612 e. The summed E-state index contributed by atoms with van der Waals surface area (Å²) in [4.78, 5) is 0. The Hall–Kier alpha value is -1.96. The van der Waals surface area contributed by atoms with Gasteiger partial charge in [-0.25, -0.2) is 0 Å². The van der Waals surface area contributed by atoms with Crippen molar-refractivity contribution in [2.45, 2.75) is 5.75 Å². The van der Waals surface area contributed by atoms with Gasteiger partial charge in [-0.1, -0.05) is 12.1 Å². The molecule has 0 saturated heterocycles. The SMILES string of the molecule is N#Cc1ccc(C[S+]([O-])C=Cc2ccoc2)cc1. The molecule has 0 aliphatic carbocycles. The van der Waals surface area contributed by atoms with Crippen molar-refractivity contribution < 1.29 is 8.97 Å². The second-order valence-corrected chi connectivity index (χ2v) is 5.02. The van der Waals surface area contributed by atoms with Crippen molar-refractivity contribution in [1.82, 2.24) is 0 Å². The second-order valence-electron chi connectivity index (χ2n) is 3.69. The molecule has 1 atom stereocenters. The van der Waals surface area contributed by atoms with Crippen LogP contribution in [-0.4, -0.2) is 4.55 Å². The number of hydrogen-bond acceptors (Lipinski definition) is 3. The Bertz CT molecular complexity index is 552. The Kier molecular flexibility index (Phi) is 4.24. The van der Waals surface area contributed by atoms with E-state index in [1.807, 2.05) is 12.1 Å². The van der Waals surface area contributed by atoms with Gasteiger partial charge in [-0.3, -0.25) is 0 Å². The topological polar surface area (TPSA) is 60.0 Å². The first-order chi connectivity index (χ1) is 8.78. The molecule has 1 unspecified atom stereocenters. The summed E-state index contributed by atoms with van der Waals surface area (Å²) < 4.78 is 16.7. The molecule has 2 aromatic rings. The van der Waals surface area contributed by atoms with Gasteiger partial charge >= 0.3 is 0 Å². The Morgan fingerprint density at radius 2 is 2.06 bits per heavy atom. The fourth-order valence-corrected chi connectivity index (χ4v) is 2.34. The zero-order valence-electron chi connectivity index (χ0n) is 9.58. The first-order valence-corrected chi connectivity index (χ1v) is 6.73. The molecule has 0 radical (unpaired) electrons. The largest absolute Gasteiger partial charge is 0.612 e. The summed E-state index contributed by atoms with van der Waals surface area (Å²) in [7, 11) is 0. The predicted molar refractivity (Wildman–Crippen MR) is 70.7 cm³/mol. The third-order valence-electron chi connectivity index (χ3n) is 2.35. The van der Waals surface area contributed by atoms with Gasteiger partial charge in [-0.2, -0.15) is 5.26 Å². The fourth-order valence-electron chi connectivity index (χ4n) is 1.41. The molecule has 0 amide bonds. The number of nitrogens with zero attached hydrogens (tertiary/aromatic N) is 1. The van der Waals surface area contributed by atoms with Gasteiger partial charge in [0.1, 0.15) is 11.2 Å². The minimum absolute atomic E-state index is 0.445. The summed E-state index contributed by atoms with van der Waals surface area (Å²) in [6, 6.07) is 11.0. The Morgan fingerprint density at radius 1 is 1.28 bits per heavy atom. The van der Waals surface area contributed by atoms with E-state index >= 15 is 0 Å². The molecule has 0 fully saturated rings. The highest BCUT2D eigenvalue weighted by molar-refractivity contribution is 7.93. The summed E-state index contributed by atoms with van der Waals surface area (Å²) in [6.45, 7) is 0. The summed E-state index contributed by atoms with van der Waals surface area (Å²) in [5, 5.41) is 10.3. The molecule has 0 spiro atoms. The first-order valence-electron chi connectivity index (χ1n) is 5.34. The van der Waals surface area contributed by atoms with Gasteiger partial charge in [0.15, 0.2) is 0 Å². The Balaban J connectivity index is 1.94. The van der Waals surface area contributed by atoms with Crippen molar-refractivity contribution in [3.63, 3.8) is 0 Å². The van der Waals surface area contributed by atoms with E-state index in [0.717, 1.165) is 11.1 Å². The quantitative estimate of drug-likeness (QED) is 0.791. The van der Waals surface area contributed by atoms with Gasteiger partial charge in [-0.15, -0.1) is 0 Å². The molecule has 0 aliphatic rings. The van der Waals surface area contributed by atoms with Crippen LogP contribution in [0.2, 0.25) is 0 Å². The van der Waals surface area contributed by atoms with Crippen LogP contribution in [0.25, 0.3) is 6.08 Å². The lowest BCUT2D eigenvalue weighted by atomic mass is 10.2. The fraction of sp³-hybridized carbons (Fsp3) is 0.0714. The number of nitriles is 1. The molecule has 0 N–H and O–H groups in total. The number of furan rings is 1. The van der Waals surface area contributed by atoms with Crippen LogP contribution in [0.4, 0.5) is 0 Å². The maximum atomic E-state index is 11.8. The molecule has 0 aliphatic heterocycles. The average Bonchev–Trinajstić information content (AvgIpc) is 2.90. The average molecular weight is 257 g/mol. The number of rotatable bonds is 4. The molecule has 0 saturated carbocycles. The highest BCUT2D eigenvalue weighted by atomic mass is 32.2. The van der Waals surface area contributed by atoms with Crippen LogP contribution in [0.1, 0.15) is 16.7 Å². The van der Waals surface area contributed by atoms with E-state index in [9.17, 15) is 4.55 Å². The van der Waals surface area contributed by atoms with Gasteiger partial charge in [-0.05, 0) is 35.5 Å². The summed E-state index contributed by atoms with van der Waals surface area (Å²) >= 11 is -1.07. The van der Waals surface area contributed by atoms with Gasteiger partial charge < -0.3 is 8.97 Å². The van der Waals surface area contributed by atoms with Crippen LogP contribution < -0.4 is 0 Å². The number of hydrogen-bond donors (Lipinski definition) is 0. The lowest BCUT2D eigenvalue weighted by Gasteiger charge is -2.05. The molecule has 3 nitrogen and oxygen atoms in total. The van der Waals surface area contributed by atoms with E-state index in [1.165, 1.54) is 0 Å². The molecular weight excluding hydrogens is 246 g/mol. The number of benzene rings is 1. The predicted octanol–water partition coefficient (Wildman–Crippen LogP) is 3.07. The lowest BCUT2D eigenvalue weighted by Crippen LogP contribution is -1.99. The van der Waals surface area contributed by atoms with Gasteiger partial charge in [0.2, 0.25) is 0 Å². The zero-order valence-corrected chi connectivity index (χ0v) is 10.4. The lowest BCUT2D eigenvalue weighted by molar-refractivity contribution is 0.567. The van der Waals surface area contributed by atoms with Crippen LogP contribution >= 0.6 is 0 Å². The van der Waals surface area contributed by atoms with E-state index in [2.05, 4.69) is 6.07 Å². The smallest absolute Gasteiger partial charge is 0.135 e. The minimum atomic E-state index is -1.07. The van der Waals surface area contributed by atoms with Crippen molar-refractivity contribution in [2.24, 2.45) is 0 Å². The Morgan fingerprint density at radius 3 is 2.67 bits per heavy atom. The van der Waals surface area contributed by atoms with E-state index in [1.54, 1.807) is 42.2 Å². The molecule has 1 aromatic carbocycles. The van der Waals surface area contributed by atoms with Crippen molar-refractivity contribution in [3.05, 3.63) is 65.0 Å². The molecule has 2 rings (SSSR count). The molecule has 1 aromatic heterocycles. The van der Waals surface area contributed by atoms with E-state index < -0.39 is 11.2 Å². The summed E-state index contributed by atoms with van der Waals surface area (Å²) in [5.74, 6) is 0.445. The van der Waals surface area contributed by atoms with E-state index in [-0.39, 0.29) is 0 Å². The monoisotopic (exact) mass is 257 g/mol. The third-order valence-corrected chi connectivity index (χ3v) is 3.40. The standard InChI is InChI=1S/C14H11NO2S/c15-9-12-1-3-14(4-2-12)11-18(16)8-6-13-5-7-17-10-13/h1-8,10H,11H2. The molecule has 90 valence electrons. The second kappa shape index (κ2) is 6.10. The first kappa shape index (κ1) is 12.5. The van der Waals surface area contributed by atoms with Gasteiger partial charge in [0.05, 0.1) is 24.2 Å².